The molecule has 1 amide bonds. The van der Waals surface area contributed by atoms with Gasteiger partial charge in [0.25, 0.3) is 11.5 Å². The number of benzene rings is 1. The largest absolute Gasteiger partial charge is 0.471 e. The summed E-state index contributed by atoms with van der Waals surface area (Å²) in [6.45, 7) is 1.11. The lowest BCUT2D eigenvalue weighted by Gasteiger charge is -2.13. The Morgan fingerprint density at radius 1 is 1.26 bits per heavy atom. The summed E-state index contributed by atoms with van der Waals surface area (Å²) in [7, 11) is 0. The Morgan fingerprint density at radius 3 is 2.89 bits per heavy atom. The van der Waals surface area contributed by atoms with Gasteiger partial charge < -0.3 is 14.8 Å². The molecule has 8 nitrogen and oxygen atoms in total. The van der Waals surface area contributed by atoms with Crippen molar-refractivity contribution in [3.05, 3.63) is 70.6 Å². The first-order valence-electron chi connectivity index (χ1n) is 8.59. The van der Waals surface area contributed by atoms with Gasteiger partial charge in [-0.3, -0.25) is 14.7 Å². The van der Waals surface area contributed by atoms with E-state index in [0.29, 0.717) is 18.9 Å². The number of H-pyrrole nitrogens is 1. The van der Waals surface area contributed by atoms with Gasteiger partial charge in [0.05, 0.1) is 18.9 Å². The Bertz CT molecular complexity index is 990. The van der Waals surface area contributed by atoms with Crippen molar-refractivity contribution in [3.63, 3.8) is 0 Å². The second-order valence-corrected chi connectivity index (χ2v) is 6.09. The zero-order chi connectivity index (χ0) is 18.6. The Labute approximate surface area is 154 Å². The number of carbonyl (C=O) groups excluding carboxylic acids is 1. The summed E-state index contributed by atoms with van der Waals surface area (Å²) in [4.78, 5) is 29.0. The lowest BCUT2D eigenvalue weighted by atomic mass is 10.2. The molecule has 3 heterocycles. The maximum atomic E-state index is 12.7. The second-order valence-electron chi connectivity index (χ2n) is 6.09. The molecule has 27 heavy (non-hydrogen) atoms. The minimum absolute atomic E-state index is 0.120. The minimum atomic E-state index is -0.418. The van der Waals surface area contributed by atoms with Crippen LogP contribution in [0.15, 0.2) is 59.5 Å². The van der Waals surface area contributed by atoms with Crippen LogP contribution in [-0.2, 0) is 4.74 Å². The number of pyridine rings is 1. The molecule has 138 valence electrons. The summed E-state index contributed by atoms with van der Waals surface area (Å²) < 4.78 is 12.4. The molecule has 1 aromatic carbocycles. The van der Waals surface area contributed by atoms with Crippen molar-refractivity contribution in [2.24, 2.45) is 0 Å². The summed E-state index contributed by atoms with van der Waals surface area (Å²) in [5.41, 5.74) is 0.689. The molecule has 1 aliphatic rings. The van der Waals surface area contributed by atoms with E-state index < -0.39 is 5.91 Å². The summed E-state index contributed by atoms with van der Waals surface area (Å²) in [5.74, 6) is 0.113. The van der Waals surface area contributed by atoms with Crippen LogP contribution >= 0.6 is 0 Å². The number of hydrogen-bond donors (Lipinski definition) is 2. The zero-order valence-corrected chi connectivity index (χ0v) is 14.4. The van der Waals surface area contributed by atoms with Crippen molar-refractivity contribution in [1.82, 2.24) is 14.8 Å². The van der Waals surface area contributed by atoms with E-state index in [4.69, 9.17) is 9.47 Å². The summed E-state index contributed by atoms with van der Waals surface area (Å²) in [5, 5.41) is 5.57. The maximum Gasteiger partial charge on any atom is 0.273 e. The molecule has 1 aliphatic heterocycles. The van der Waals surface area contributed by atoms with Crippen molar-refractivity contribution >= 4 is 11.7 Å². The van der Waals surface area contributed by atoms with Gasteiger partial charge in [-0.05, 0) is 24.3 Å². The predicted molar refractivity (Wildman–Crippen MR) is 98.4 cm³/mol. The average molecular weight is 366 g/mol. The number of rotatable bonds is 5. The van der Waals surface area contributed by atoms with Gasteiger partial charge in [-0.1, -0.05) is 18.2 Å². The molecule has 0 spiro atoms. The normalized spacial score (nSPS) is 16.2. The molecule has 1 fully saturated rings. The highest BCUT2D eigenvalue weighted by atomic mass is 16.5. The van der Waals surface area contributed by atoms with E-state index >= 15 is 0 Å². The highest BCUT2D eigenvalue weighted by molar-refractivity contribution is 6.05. The molecule has 1 saturated heterocycles. The zero-order valence-electron chi connectivity index (χ0n) is 14.4. The number of aromatic amines is 1. The SMILES string of the molecule is O=C(Nc1cc(=O)n(-c2ccccc2)[nH]1)c1cccnc1O[C@@H]1CCOC1. The van der Waals surface area contributed by atoms with E-state index in [2.05, 4.69) is 15.4 Å². The van der Waals surface area contributed by atoms with Crippen LogP contribution in [0.25, 0.3) is 5.69 Å². The highest BCUT2D eigenvalue weighted by Crippen LogP contribution is 2.20. The van der Waals surface area contributed by atoms with Crippen molar-refractivity contribution in [2.45, 2.75) is 12.5 Å². The van der Waals surface area contributed by atoms with E-state index in [-0.39, 0.29) is 28.9 Å². The number of carbonyl (C=O) groups is 1. The van der Waals surface area contributed by atoms with Crippen molar-refractivity contribution in [2.75, 3.05) is 18.5 Å². The Morgan fingerprint density at radius 2 is 2.11 bits per heavy atom. The van der Waals surface area contributed by atoms with Gasteiger partial charge in [0.2, 0.25) is 5.88 Å². The number of amides is 1. The Balaban J connectivity index is 1.54. The molecule has 3 aromatic rings. The first-order valence-corrected chi connectivity index (χ1v) is 8.59. The molecule has 0 bridgehead atoms. The van der Waals surface area contributed by atoms with Crippen LogP contribution in [0.5, 0.6) is 5.88 Å². The molecular formula is C19H18N4O4. The van der Waals surface area contributed by atoms with Crippen LogP contribution in [-0.4, -0.2) is 40.0 Å². The van der Waals surface area contributed by atoms with Crippen LogP contribution in [0, 0.1) is 0 Å². The van der Waals surface area contributed by atoms with Crippen molar-refractivity contribution < 1.29 is 14.3 Å². The van der Waals surface area contributed by atoms with E-state index in [9.17, 15) is 9.59 Å². The van der Waals surface area contributed by atoms with E-state index in [0.717, 1.165) is 6.42 Å². The van der Waals surface area contributed by atoms with Gasteiger partial charge in [-0.25, -0.2) is 9.67 Å². The number of nitrogens with zero attached hydrogens (tertiary/aromatic N) is 2. The molecule has 0 saturated carbocycles. The fourth-order valence-electron chi connectivity index (χ4n) is 2.84. The molecule has 2 N–H and O–H groups in total. The summed E-state index contributed by atoms with van der Waals surface area (Å²) in [6.07, 6.45) is 2.20. The smallest absolute Gasteiger partial charge is 0.273 e. The van der Waals surface area contributed by atoms with Gasteiger partial charge in [-0.2, -0.15) is 0 Å². The lowest BCUT2D eigenvalue weighted by molar-refractivity contribution is 0.101. The molecule has 0 aliphatic carbocycles. The van der Waals surface area contributed by atoms with Gasteiger partial charge in [-0.15, -0.1) is 0 Å². The van der Waals surface area contributed by atoms with Gasteiger partial charge >= 0.3 is 0 Å². The van der Waals surface area contributed by atoms with E-state index in [1.54, 1.807) is 30.5 Å². The van der Waals surface area contributed by atoms with Crippen molar-refractivity contribution in [3.8, 4) is 11.6 Å². The monoisotopic (exact) mass is 366 g/mol. The molecule has 1 atom stereocenters. The number of para-hydroxylation sites is 1. The van der Waals surface area contributed by atoms with Gasteiger partial charge in [0.15, 0.2) is 0 Å². The van der Waals surface area contributed by atoms with E-state index in [1.165, 1.54) is 10.7 Å². The molecule has 0 unspecified atom stereocenters. The molecular weight excluding hydrogens is 348 g/mol. The van der Waals surface area contributed by atoms with Crippen LogP contribution in [0.4, 0.5) is 5.82 Å². The third-order valence-electron chi connectivity index (χ3n) is 4.17. The summed E-state index contributed by atoms with van der Waals surface area (Å²) >= 11 is 0. The van der Waals surface area contributed by atoms with Crippen LogP contribution < -0.4 is 15.6 Å². The maximum absolute atomic E-state index is 12.7. The molecule has 8 heteroatoms. The highest BCUT2D eigenvalue weighted by Gasteiger charge is 2.22. The third kappa shape index (κ3) is 3.75. The summed E-state index contributed by atoms with van der Waals surface area (Å²) in [6, 6.07) is 13.7. The fourth-order valence-corrected chi connectivity index (χ4v) is 2.84. The first kappa shape index (κ1) is 17.0. The first-order chi connectivity index (χ1) is 13.2. The van der Waals surface area contributed by atoms with Gasteiger partial charge in [0, 0.05) is 18.7 Å². The topological polar surface area (TPSA) is 98.2 Å². The number of ether oxygens (including phenoxy) is 2. The second kappa shape index (κ2) is 7.46. The third-order valence-corrected chi connectivity index (χ3v) is 4.17. The Hall–Kier alpha value is -3.39. The van der Waals surface area contributed by atoms with Crippen molar-refractivity contribution in [1.29, 1.82) is 0 Å². The molecule has 2 aromatic heterocycles. The van der Waals surface area contributed by atoms with Crippen LogP contribution in [0.3, 0.4) is 0 Å². The Kier molecular flexibility index (Phi) is 4.71. The molecule has 0 radical (unpaired) electrons. The lowest BCUT2D eigenvalue weighted by Crippen LogP contribution is -2.20. The quantitative estimate of drug-likeness (QED) is 0.719. The van der Waals surface area contributed by atoms with Crippen LogP contribution in [0.2, 0.25) is 0 Å². The fraction of sp³-hybridized carbons (Fsp3) is 0.211. The molecule has 4 rings (SSSR count). The van der Waals surface area contributed by atoms with Gasteiger partial charge in [0.1, 0.15) is 17.5 Å². The number of aromatic nitrogens is 3. The van der Waals surface area contributed by atoms with E-state index in [1.807, 2.05) is 18.2 Å². The number of nitrogens with one attached hydrogen (secondary N) is 2. The predicted octanol–water partition coefficient (Wildman–Crippen LogP) is 1.98. The number of hydrogen-bond acceptors (Lipinski definition) is 5. The number of anilines is 1. The minimum Gasteiger partial charge on any atom is -0.471 e. The van der Waals surface area contributed by atoms with Crippen LogP contribution in [0.1, 0.15) is 16.8 Å². The average Bonchev–Trinajstić information content (AvgIpc) is 3.32. The standard InChI is InChI=1S/C19H18N4O4/c24-17-11-16(22-23(17)13-5-2-1-3-6-13)21-18(25)15-7-4-9-20-19(15)27-14-8-10-26-12-14/h1-7,9,11,14,22H,8,10,12H2,(H,21,25)/t14-/m1/s1.